The first kappa shape index (κ1) is 33.0. The number of hydrogen-bond donors (Lipinski definition) is 0. The van der Waals surface area contributed by atoms with E-state index >= 15 is 0 Å². The first-order valence-electron chi connectivity index (χ1n) is 14.9. The molecule has 2 aliphatic heterocycles. The largest absolute Gasteiger partial charge is 0.466 e. The van der Waals surface area contributed by atoms with E-state index in [9.17, 15) is 19.2 Å². The van der Waals surface area contributed by atoms with Crippen molar-refractivity contribution in [3.8, 4) is 0 Å². The van der Waals surface area contributed by atoms with Gasteiger partial charge in [0.2, 0.25) is 0 Å². The number of rotatable bonds is 16. The van der Waals surface area contributed by atoms with Gasteiger partial charge in [-0.25, -0.2) is 0 Å². The standard InChI is InChI=1S/C29H52N2O8/c1-5-36-28(34)24-12-10-16-30(3,22-24)18-14-26(32)38-20-8-7-9-21-39-27(33)15-19-31(4)17-11-13-25(23-31)29(35)37-6-2/h24-25H,5-23H2,1-4H3/q+2. The normalized spacial score (nSPS) is 26.9. The molecule has 224 valence electrons. The molecule has 10 heteroatoms. The lowest BCUT2D eigenvalue weighted by molar-refractivity contribution is -0.916. The number of quaternary nitrogens is 2. The second-order valence-electron chi connectivity index (χ2n) is 11.7. The molecular formula is C29H52N2O8+2. The van der Waals surface area contributed by atoms with E-state index in [1.165, 1.54) is 0 Å². The zero-order chi connectivity index (χ0) is 28.7. The molecule has 10 nitrogen and oxygen atoms in total. The van der Waals surface area contributed by atoms with E-state index in [1.807, 2.05) is 13.8 Å². The van der Waals surface area contributed by atoms with Crippen molar-refractivity contribution < 1.29 is 47.1 Å². The Morgan fingerprint density at radius 2 is 1.05 bits per heavy atom. The zero-order valence-electron chi connectivity index (χ0n) is 24.8. The van der Waals surface area contributed by atoms with Gasteiger partial charge in [-0.3, -0.25) is 19.2 Å². The van der Waals surface area contributed by atoms with Crippen LogP contribution in [0.1, 0.15) is 71.6 Å². The number of esters is 4. The number of unbranched alkanes of at least 4 members (excludes halogenated alkanes) is 2. The lowest BCUT2D eigenvalue weighted by atomic mass is 9.96. The Morgan fingerprint density at radius 1 is 0.641 bits per heavy atom. The molecule has 4 unspecified atom stereocenters. The summed E-state index contributed by atoms with van der Waals surface area (Å²) < 4.78 is 22.5. The van der Waals surface area contributed by atoms with E-state index < -0.39 is 0 Å². The predicted octanol–water partition coefficient (Wildman–Crippen LogP) is 2.86. The molecule has 2 heterocycles. The second-order valence-corrected chi connectivity index (χ2v) is 11.7. The van der Waals surface area contributed by atoms with Gasteiger partial charge < -0.3 is 27.9 Å². The smallest absolute Gasteiger partial charge is 0.314 e. The first-order chi connectivity index (χ1) is 18.6. The summed E-state index contributed by atoms with van der Waals surface area (Å²) in [6.45, 7) is 9.79. The first-order valence-corrected chi connectivity index (χ1v) is 14.9. The van der Waals surface area contributed by atoms with Crippen molar-refractivity contribution in [2.75, 3.05) is 79.8 Å². The highest BCUT2D eigenvalue weighted by molar-refractivity contribution is 5.73. The third-order valence-electron chi connectivity index (χ3n) is 8.09. The summed E-state index contributed by atoms with van der Waals surface area (Å²) in [4.78, 5) is 48.7. The maximum Gasteiger partial charge on any atom is 0.314 e. The van der Waals surface area contributed by atoms with Crippen molar-refractivity contribution in [3.63, 3.8) is 0 Å². The minimum absolute atomic E-state index is 0.0908. The average molecular weight is 557 g/mol. The molecule has 2 rings (SSSR count). The van der Waals surface area contributed by atoms with Crippen LogP contribution in [-0.4, -0.2) is 113 Å². The van der Waals surface area contributed by atoms with Gasteiger partial charge in [0, 0.05) is 0 Å². The summed E-state index contributed by atoms with van der Waals surface area (Å²) in [7, 11) is 4.18. The van der Waals surface area contributed by atoms with Crippen LogP contribution in [-0.2, 0) is 38.1 Å². The van der Waals surface area contributed by atoms with Crippen LogP contribution in [0, 0.1) is 11.8 Å². The molecule has 2 saturated heterocycles. The Bertz CT molecular complexity index is 742. The quantitative estimate of drug-likeness (QED) is 0.124. The maximum absolute atomic E-state index is 12.2. The van der Waals surface area contributed by atoms with Crippen molar-refractivity contribution >= 4 is 23.9 Å². The highest BCUT2D eigenvalue weighted by Gasteiger charge is 2.37. The molecule has 0 bridgehead atoms. The zero-order valence-corrected chi connectivity index (χ0v) is 24.8. The van der Waals surface area contributed by atoms with Gasteiger partial charge in [-0.05, 0) is 58.8 Å². The van der Waals surface area contributed by atoms with Gasteiger partial charge >= 0.3 is 23.9 Å². The summed E-state index contributed by atoms with van der Waals surface area (Å²) in [5.41, 5.74) is 0. The fraction of sp³-hybridized carbons (Fsp3) is 0.862. The van der Waals surface area contributed by atoms with Gasteiger partial charge in [0.1, 0.15) is 11.8 Å². The van der Waals surface area contributed by atoms with Crippen molar-refractivity contribution in [2.24, 2.45) is 11.8 Å². The van der Waals surface area contributed by atoms with Gasteiger partial charge in [-0.2, -0.15) is 0 Å². The maximum atomic E-state index is 12.2. The molecule has 0 spiro atoms. The molecule has 0 radical (unpaired) electrons. The molecule has 0 N–H and O–H groups in total. The molecule has 0 amide bonds. The number of ether oxygens (including phenoxy) is 4. The fourth-order valence-corrected chi connectivity index (χ4v) is 5.80. The van der Waals surface area contributed by atoms with E-state index in [0.717, 1.165) is 58.0 Å². The van der Waals surface area contributed by atoms with Gasteiger partial charge in [0.05, 0.1) is 92.6 Å². The van der Waals surface area contributed by atoms with E-state index in [2.05, 4.69) is 14.1 Å². The summed E-state index contributed by atoms with van der Waals surface area (Å²) in [6, 6.07) is 0. The molecule has 2 aliphatic rings. The van der Waals surface area contributed by atoms with Crippen LogP contribution >= 0.6 is 0 Å². The van der Waals surface area contributed by atoms with Crippen LogP contribution < -0.4 is 0 Å². The topological polar surface area (TPSA) is 105 Å². The van der Waals surface area contributed by atoms with E-state index in [0.29, 0.717) is 74.4 Å². The lowest BCUT2D eigenvalue weighted by Gasteiger charge is -2.40. The van der Waals surface area contributed by atoms with E-state index in [1.54, 1.807) is 0 Å². The second kappa shape index (κ2) is 16.8. The molecule has 2 fully saturated rings. The SMILES string of the molecule is CCOC(=O)C1CCC[N+](C)(CCC(=O)OCCCCCOC(=O)CC[N+]2(C)CCCC(C(=O)OCC)C2)C1. The molecule has 0 aromatic rings. The molecule has 0 aliphatic carbocycles. The van der Waals surface area contributed by atoms with Gasteiger partial charge in [0.25, 0.3) is 0 Å². The van der Waals surface area contributed by atoms with Crippen LogP contribution in [0.5, 0.6) is 0 Å². The highest BCUT2D eigenvalue weighted by Crippen LogP contribution is 2.24. The van der Waals surface area contributed by atoms with Crippen molar-refractivity contribution in [1.29, 1.82) is 0 Å². The number of likely N-dealkylation sites (tertiary alicyclic amines) is 2. The summed E-state index contributed by atoms with van der Waals surface area (Å²) in [6.07, 6.45) is 6.54. The number of carbonyl (C=O) groups is 4. The third kappa shape index (κ3) is 12.2. The minimum atomic E-state index is -0.210. The van der Waals surface area contributed by atoms with Crippen LogP contribution in [0.15, 0.2) is 0 Å². The molecule has 39 heavy (non-hydrogen) atoms. The Balaban J connectivity index is 1.52. The number of piperidine rings is 2. The van der Waals surface area contributed by atoms with E-state index in [4.69, 9.17) is 18.9 Å². The van der Waals surface area contributed by atoms with Gasteiger partial charge in [-0.1, -0.05) is 0 Å². The fourth-order valence-electron chi connectivity index (χ4n) is 5.80. The lowest BCUT2D eigenvalue weighted by Crippen LogP contribution is -2.53. The summed E-state index contributed by atoms with van der Waals surface area (Å²) in [5, 5.41) is 0. The molecular weight excluding hydrogens is 504 g/mol. The number of nitrogens with zero attached hydrogens (tertiary/aromatic N) is 2. The van der Waals surface area contributed by atoms with Crippen LogP contribution in [0.3, 0.4) is 0 Å². The molecule has 4 atom stereocenters. The Labute approximate surface area is 234 Å². The summed E-state index contributed by atoms with van der Waals surface area (Å²) >= 11 is 0. The van der Waals surface area contributed by atoms with Gasteiger partial charge in [-0.15, -0.1) is 0 Å². The van der Waals surface area contributed by atoms with Crippen molar-refractivity contribution in [1.82, 2.24) is 0 Å². The monoisotopic (exact) mass is 556 g/mol. The summed E-state index contributed by atoms with van der Waals surface area (Å²) in [5.74, 6) is -0.857. The highest BCUT2D eigenvalue weighted by atomic mass is 16.5. The van der Waals surface area contributed by atoms with Crippen LogP contribution in [0.2, 0.25) is 0 Å². The Hall–Kier alpha value is -2.20. The molecule has 0 aromatic carbocycles. The molecule has 0 saturated carbocycles. The third-order valence-corrected chi connectivity index (χ3v) is 8.09. The number of carbonyl (C=O) groups excluding carboxylic acids is 4. The average Bonchev–Trinajstić information content (AvgIpc) is 2.90. The Morgan fingerprint density at radius 3 is 1.44 bits per heavy atom. The van der Waals surface area contributed by atoms with Crippen LogP contribution in [0.25, 0.3) is 0 Å². The minimum Gasteiger partial charge on any atom is -0.466 e. The van der Waals surface area contributed by atoms with Crippen molar-refractivity contribution in [2.45, 2.75) is 71.6 Å². The van der Waals surface area contributed by atoms with Gasteiger partial charge in [0.15, 0.2) is 0 Å². The van der Waals surface area contributed by atoms with Crippen LogP contribution in [0.4, 0.5) is 0 Å². The van der Waals surface area contributed by atoms with Crippen molar-refractivity contribution in [3.05, 3.63) is 0 Å². The Kier molecular flexibility index (Phi) is 14.2. The molecule has 0 aromatic heterocycles. The number of hydrogen-bond acceptors (Lipinski definition) is 8. The van der Waals surface area contributed by atoms with E-state index in [-0.39, 0.29) is 35.7 Å². The predicted molar refractivity (Wildman–Crippen MR) is 145 cm³/mol.